The second kappa shape index (κ2) is 7.47. The lowest BCUT2D eigenvalue weighted by molar-refractivity contribution is 0.0184. The van der Waals surface area contributed by atoms with E-state index in [0.717, 1.165) is 37.2 Å². The number of likely N-dealkylation sites (tertiary alicyclic amines) is 1. The van der Waals surface area contributed by atoms with Crippen LogP contribution >= 0.6 is 11.8 Å². The molecule has 0 bridgehead atoms. The maximum absolute atomic E-state index is 12.1. The minimum absolute atomic E-state index is 0.203. The first kappa shape index (κ1) is 18.0. The summed E-state index contributed by atoms with van der Waals surface area (Å²) in [5.41, 5.74) is 0.816. The number of benzene rings is 1. The van der Waals surface area contributed by atoms with Crippen molar-refractivity contribution < 1.29 is 14.6 Å². The van der Waals surface area contributed by atoms with Crippen LogP contribution < -0.4 is 0 Å². The summed E-state index contributed by atoms with van der Waals surface area (Å²) >= 11 is 1.56. The quantitative estimate of drug-likeness (QED) is 0.835. The number of phenolic OH excluding ortho intramolecular Hbond substituents is 1. The summed E-state index contributed by atoms with van der Waals surface area (Å²) in [6.07, 6.45) is 4.75. The number of nitrogens with zero attached hydrogens (tertiary/aromatic N) is 1. The highest BCUT2D eigenvalue weighted by atomic mass is 32.2. The predicted molar refractivity (Wildman–Crippen MR) is 94.1 cm³/mol. The third kappa shape index (κ3) is 5.34. The van der Waals surface area contributed by atoms with Crippen molar-refractivity contribution >= 4 is 17.9 Å². The highest BCUT2D eigenvalue weighted by Gasteiger charge is 2.26. The number of piperidine rings is 1. The number of thioether (sulfide) groups is 1. The average molecular weight is 337 g/mol. The molecule has 1 heterocycles. The molecule has 1 fully saturated rings. The fourth-order valence-electron chi connectivity index (χ4n) is 2.83. The minimum Gasteiger partial charge on any atom is -0.507 e. The Balaban J connectivity index is 1.86. The SMILES string of the molecule is CSc1cc(CC2CCN(C(=O)OC(C)(C)C)CC2)ccc1O. The van der Waals surface area contributed by atoms with E-state index in [-0.39, 0.29) is 6.09 Å². The van der Waals surface area contributed by atoms with E-state index in [0.29, 0.717) is 11.7 Å². The minimum atomic E-state index is -0.436. The van der Waals surface area contributed by atoms with Gasteiger partial charge < -0.3 is 14.7 Å². The zero-order valence-corrected chi connectivity index (χ0v) is 15.3. The lowest BCUT2D eigenvalue weighted by atomic mass is 9.90. The maximum Gasteiger partial charge on any atom is 0.410 e. The molecular weight excluding hydrogens is 310 g/mol. The summed E-state index contributed by atoms with van der Waals surface area (Å²) < 4.78 is 5.43. The van der Waals surface area contributed by atoms with Gasteiger partial charge in [-0.2, -0.15) is 0 Å². The summed E-state index contributed by atoms with van der Waals surface area (Å²) in [4.78, 5) is 14.8. The molecule has 0 aliphatic carbocycles. The second-order valence-corrected chi connectivity index (χ2v) is 7.97. The van der Waals surface area contributed by atoms with E-state index in [2.05, 4.69) is 6.07 Å². The van der Waals surface area contributed by atoms with Crippen LogP contribution in [0.25, 0.3) is 0 Å². The molecule has 1 aromatic rings. The second-order valence-electron chi connectivity index (χ2n) is 7.12. The number of rotatable bonds is 3. The van der Waals surface area contributed by atoms with Gasteiger partial charge in [0.15, 0.2) is 0 Å². The van der Waals surface area contributed by atoms with Crippen LogP contribution in [0.1, 0.15) is 39.2 Å². The summed E-state index contributed by atoms with van der Waals surface area (Å²) in [6.45, 7) is 7.20. The van der Waals surface area contributed by atoms with E-state index in [1.807, 2.05) is 38.0 Å². The van der Waals surface area contributed by atoms with E-state index in [1.54, 1.807) is 17.8 Å². The summed E-state index contributed by atoms with van der Waals surface area (Å²) in [5.74, 6) is 0.925. The van der Waals surface area contributed by atoms with Gasteiger partial charge in [0.25, 0.3) is 0 Å². The van der Waals surface area contributed by atoms with Crippen molar-refractivity contribution in [2.24, 2.45) is 5.92 Å². The number of hydrogen-bond donors (Lipinski definition) is 1. The first-order chi connectivity index (χ1) is 10.8. The van der Waals surface area contributed by atoms with Crippen molar-refractivity contribution in [3.8, 4) is 5.75 Å². The van der Waals surface area contributed by atoms with Crippen molar-refractivity contribution in [1.29, 1.82) is 0 Å². The van der Waals surface area contributed by atoms with E-state index in [9.17, 15) is 9.90 Å². The van der Waals surface area contributed by atoms with Crippen LogP contribution in [0.2, 0.25) is 0 Å². The molecule has 1 amide bonds. The van der Waals surface area contributed by atoms with E-state index >= 15 is 0 Å². The van der Waals surface area contributed by atoms with Crippen molar-refractivity contribution in [1.82, 2.24) is 4.90 Å². The molecule has 0 atom stereocenters. The Morgan fingerprint density at radius 3 is 2.57 bits per heavy atom. The Bertz CT molecular complexity index is 546. The number of phenols is 1. The molecule has 0 spiro atoms. The summed E-state index contributed by atoms with van der Waals surface area (Å²) in [7, 11) is 0. The molecule has 128 valence electrons. The van der Waals surface area contributed by atoms with Crippen molar-refractivity contribution in [2.75, 3.05) is 19.3 Å². The van der Waals surface area contributed by atoms with Gasteiger partial charge in [-0.15, -0.1) is 11.8 Å². The molecule has 1 saturated heterocycles. The first-order valence-electron chi connectivity index (χ1n) is 8.12. The number of amides is 1. The molecule has 0 saturated carbocycles. The van der Waals surface area contributed by atoms with E-state index in [4.69, 9.17) is 4.74 Å². The molecule has 1 aliphatic rings. The molecule has 0 unspecified atom stereocenters. The number of carbonyl (C=O) groups excluding carboxylic acids is 1. The van der Waals surface area contributed by atoms with Crippen LogP contribution in [0.5, 0.6) is 5.75 Å². The third-order valence-electron chi connectivity index (χ3n) is 4.03. The number of aromatic hydroxyl groups is 1. The lowest BCUT2D eigenvalue weighted by Gasteiger charge is -2.33. The van der Waals surface area contributed by atoms with Crippen molar-refractivity contribution in [3.63, 3.8) is 0 Å². The average Bonchev–Trinajstić information content (AvgIpc) is 2.48. The van der Waals surface area contributed by atoms with Gasteiger partial charge in [0, 0.05) is 18.0 Å². The van der Waals surface area contributed by atoms with Gasteiger partial charge in [0.05, 0.1) is 0 Å². The Morgan fingerprint density at radius 1 is 1.35 bits per heavy atom. The molecule has 1 aromatic carbocycles. The normalized spacial score (nSPS) is 16.4. The van der Waals surface area contributed by atoms with Gasteiger partial charge in [-0.05, 0) is 69.9 Å². The smallest absolute Gasteiger partial charge is 0.410 e. The Morgan fingerprint density at radius 2 is 2.00 bits per heavy atom. The topological polar surface area (TPSA) is 49.8 Å². The van der Waals surface area contributed by atoms with Crippen molar-refractivity contribution in [2.45, 2.75) is 50.5 Å². The summed E-state index contributed by atoms with van der Waals surface area (Å²) in [6, 6.07) is 5.84. The molecule has 1 aliphatic heterocycles. The molecule has 2 rings (SSSR count). The Kier molecular flexibility index (Phi) is 5.84. The van der Waals surface area contributed by atoms with Gasteiger partial charge in [-0.1, -0.05) is 6.07 Å². The molecule has 0 radical (unpaired) electrons. The lowest BCUT2D eigenvalue weighted by Crippen LogP contribution is -2.42. The van der Waals surface area contributed by atoms with Gasteiger partial charge in [0.2, 0.25) is 0 Å². The van der Waals surface area contributed by atoms with E-state index < -0.39 is 5.60 Å². The highest BCUT2D eigenvalue weighted by Crippen LogP contribution is 2.30. The number of ether oxygens (including phenoxy) is 1. The molecular formula is C18H27NO3S. The largest absolute Gasteiger partial charge is 0.507 e. The van der Waals surface area contributed by atoms with Gasteiger partial charge >= 0.3 is 6.09 Å². The van der Waals surface area contributed by atoms with E-state index in [1.165, 1.54) is 5.56 Å². The number of carbonyl (C=O) groups is 1. The molecule has 0 aromatic heterocycles. The first-order valence-corrected chi connectivity index (χ1v) is 9.35. The van der Waals surface area contributed by atoms with Crippen LogP contribution in [0, 0.1) is 5.92 Å². The molecule has 23 heavy (non-hydrogen) atoms. The van der Waals surface area contributed by atoms with Crippen LogP contribution in [0.3, 0.4) is 0 Å². The number of hydrogen-bond acceptors (Lipinski definition) is 4. The highest BCUT2D eigenvalue weighted by molar-refractivity contribution is 7.98. The van der Waals surface area contributed by atoms with Crippen LogP contribution in [0.15, 0.2) is 23.1 Å². The van der Waals surface area contributed by atoms with Gasteiger partial charge in [-0.3, -0.25) is 0 Å². The van der Waals surface area contributed by atoms with Gasteiger partial charge in [0.1, 0.15) is 11.4 Å². The fraction of sp³-hybridized carbons (Fsp3) is 0.611. The summed E-state index contributed by atoms with van der Waals surface area (Å²) in [5, 5.41) is 9.75. The maximum atomic E-state index is 12.1. The Hall–Kier alpha value is -1.36. The third-order valence-corrected chi connectivity index (χ3v) is 4.80. The monoisotopic (exact) mass is 337 g/mol. The van der Waals surface area contributed by atoms with Crippen LogP contribution in [-0.4, -0.2) is 41.0 Å². The zero-order valence-electron chi connectivity index (χ0n) is 14.5. The molecule has 1 N–H and O–H groups in total. The zero-order chi connectivity index (χ0) is 17.0. The standard InChI is InChI=1S/C18H27NO3S/c1-18(2,3)22-17(21)19-9-7-13(8-10-19)11-14-5-6-15(20)16(12-14)23-4/h5-6,12-13,20H,7-11H2,1-4H3. The Labute approximate surface area is 143 Å². The van der Waals surface area contributed by atoms with Crippen LogP contribution in [0.4, 0.5) is 4.79 Å². The van der Waals surface area contributed by atoms with Crippen LogP contribution in [-0.2, 0) is 11.2 Å². The molecule has 4 nitrogen and oxygen atoms in total. The van der Waals surface area contributed by atoms with Crippen molar-refractivity contribution in [3.05, 3.63) is 23.8 Å². The van der Waals surface area contributed by atoms with Gasteiger partial charge in [-0.25, -0.2) is 4.79 Å². The fourth-order valence-corrected chi connectivity index (χ4v) is 3.37. The molecule has 5 heteroatoms. The predicted octanol–water partition coefficient (Wildman–Crippen LogP) is 4.30.